The summed E-state index contributed by atoms with van der Waals surface area (Å²) in [5.74, 6) is 0.143. The number of nitrogens with zero attached hydrogens (tertiary/aromatic N) is 2. The van der Waals surface area contributed by atoms with Gasteiger partial charge < -0.3 is 4.74 Å². The van der Waals surface area contributed by atoms with Crippen molar-refractivity contribution < 1.29 is 9.53 Å². The maximum absolute atomic E-state index is 11.2. The Morgan fingerprint density at radius 3 is 3.12 bits per heavy atom. The first kappa shape index (κ1) is 12.5. The van der Waals surface area contributed by atoms with Crippen LogP contribution in [0.1, 0.15) is 12.6 Å². The molecule has 4 nitrogen and oxygen atoms in total. The van der Waals surface area contributed by atoms with Crippen LogP contribution in [0, 0.1) is 17.2 Å². The first-order valence-electron chi connectivity index (χ1n) is 4.74. The van der Waals surface area contributed by atoms with E-state index in [0.717, 1.165) is 4.90 Å². The number of methoxy groups -OCH3 is 1. The third-order valence-electron chi connectivity index (χ3n) is 1.97. The van der Waals surface area contributed by atoms with Gasteiger partial charge in [-0.25, -0.2) is 4.98 Å². The van der Waals surface area contributed by atoms with Crippen molar-refractivity contribution in [2.45, 2.75) is 11.8 Å². The first-order valence-corrected chi connectivity index (χ1v) is 5.73. The molecule has 0 saturated carbocycles. The van der Waals surface area contributed by atoms with Gasteiger partial charge in [0.1, 0.15) is 6.07 Å². The summed E-state index contributed by atoms with van der Waals surface area (Å²) in [5, 5.41) is 8.82. The minimum atomic E-state index is -0.241. The average Bonchev–Trinajstić information content (AvgIpc) is 2.35. The molecule has 0 aliphatic rings. The third-order valence-corrected chi connectivity index (χ3v) is 3.28. The van der Waals surface area contributed by atoms with E-state index in [4.69, 9.17) is 5.26 Å². The fraction of sp³-hybridized carbons (Fsp3) is 0.364. The molecule has 84 valence electrons. The highest BCUT2D eigenvalue weighted by Gasteiger charge is 2.14. The Bertz CT molecular complexity index is 415. The summed E-state index contributed by atoms with van der Waals surface area (Å²) in [4.78, 5) is 15.9. The largest absolute Gasteiger partial charge is 0.469 e. The average molecular weight is 236 g/mol. The van der Waals surface area contributed by atoms with Gasteiger partial charge in [-0.3, -0.25) is 4.79 Å². The van der Waals surface area contributed by atoms with Gasteiger partial charge in [0.05, 0.1) is 13.0 Å². The van der Waals surface area contributed by atoms with Crippen molar-refractivity contribution in [3.63, 3.8) is 0 Å². The van der Waals surface area contributed by atoms with E-state index in [0.29, 0.717) is 11.4 Å². The quantitative estimate of drug-likeness (QED) is 0.589. The van der Waals surface area contributed by atoms with Crippen LogP contribution in [-0.4, -0.2) is 23.8 Å². The van der Waals surface area contributed by atoms with Crippen LogP contribution in [-0.2, 0) is 9.53 Å². The minimum absolute atomic E-state index is 0.193. The Labute approximate surface area is 98.6 Å². The Hall–Kier alpha value is -1.54. The van der Waals surface area contributed by atoms with Crippen molar-refractivity contribution in [1.82, 2.24) is 4.98 Å². The van der Waals surface area contributed by atoms with E-state index < -0.39 is 0 Å². The molecule has 0 amide bonds. The van der Waals surface area contributed by atoms with Gasteiger partial charge in [0.25, 0.3) is 0 Å². The Morgan fingerprint density at radius 1 is 1.75 bits per heavy atom. The monoisotopic (exact) mass is 236 g/mol. The summed E-state index contributed by atoms with van der Waals surface area (Å²) in [5.41, 5.74) is 0.393. The zero-order valence-electron chi connectivity index (χ0n) is 9.14. The third kappa shape index (κ3) is 3.24. The van der Waals surface area contributed by atoms with Gasteiger partial charge >= 0.3 is 5.97 Å². The molecular formula is C11H12N2O2S. The predicted octanol–water partition coefficient (Wildman–Crippen LogP) is 1.85. The van der Waals surface area contributed by atoms with Crippen LogP contribution in [0.3, 0.4) is 0 Å². The maximum atomic E-state index is 11.2. The number of pyridine rings is 1. The number of hydrogen-bond donors (Lipinski definition) is 0. The summed E-state index contributed by atoms with van der Waals surface area (Å²) < 4.78 is 4.62. The van der Waals surface area contributed by atoms with Gasteiger partial charge in [0.15, 0.2) is 5.69 Å². The summed E-state index contributed by atoms with van der Waals surface area (Å²) in [6, 6.07) is 5.60. The van der Waals surface area contributed by atoms with E-state index >= 15 is 0 Å². The van der Waals surface area contributed by atoms with Gasteiger partial charge in [-0.05, 0) is 12.1 Å². The fourth-order valence-corrected chi connectivity index (χ4v) is 2.05. The number of ether oxygens (including phenoxy) is 1. The predicted molar refractivity (Wildman–Crippen MR) is 60.9 cm³/mol. The fourth-order valence-electron chi connectivity index (χ4n) is 1.07. The molecule has 0 N–H and O–H groups in total. The van der Waals surface area contributed by atoms with E-state index in [2.05, 4.69) is 9.72 Å². The lowest BCUT2D eigenvalue weighted by molar-refractivity contribution is -0.143. The molecule has 0 aromatic carbocycles. The second-order valence-corrected chi connectivity index (χ2v) is 4.26. The molecule has 1 unspecified atom stereocenters. The smallest absolute Gasteiger partial charge is 0.309 e. The number of thioether (sulfide) groups is 1. The number of carbonyl (C=O) groups excluding carboxylic acids is 1. The van der Waals surface area contributed by atoms with Crippen LogP contribution in [0.15, 0.2) is 23.2 Å². The van der Waals surface area contributed by atoms with E-state index in [9.17, 15) is 4.79 Å². The highest BCUT2D eigenvalue weighted by Crippen LogP contribution is 2.23. The van der Waals surface area contributed by atoms with Crippen LogP contribution in [0.5, 0.6) is 0 Å². The van der Waals surface area contributed by atoms with Gasteiger partial charge in [0.2, 0.25) is 0 Å². The first-order chi connectivity index (χ1) is 7.69. The number of aromatic nitrogens is 1. The molecule has 0 spiro atoms. The molecule has 1 heterocycles. The molecule has 0 saturated heterocycles. The second kappa shape index (κ2) is 6.13. The van der Waals surface area contributed by atoms with Crippen molar-refractivity contribution >= 4 is 17.7 Å². The van der Waals surface area contributed by atoms with Crippen LogP contribution in [0.4, 0.5) is 0 Å². The number of carbonyl (C=O) groups is 1. The minimum Gasteiger partial charge on any atom is -0.469 e. The van der Waals surface area contributed by atoms with E-state index in [-0.39, 0.29) is 11.9 Å². The molecule has 0 radical (unpaired) electrons. The summed E-state index contributed by atoms with van der Waals surface area (Å²) in [7, 11) is 1.37. The number of rotatable bonds is 4. The molecule has 1 rings (SSSR count). The van der Waals surface area contributed by atoms with Crippen LogP contribution < -0.4 is 0 Å². The maximum Gasteiger partial charge on any atom is 0.309 e. The van der Waals surface area contributed by atoms with Crippen molar-refractivity contribution in [2.24, 2.45) is 5.92 Å². The van der Waals surface area contributed by atoms with E-state index in [1.165, 1.54) is 18.9 Å². The van der Waals surface area contributed by atoms with E-state index in [1.54, 1.807) is 19.2 Å². The molecule has 0 fully saturated rings. The highest BCUT2D eigenvalue weighted by molar-refractivity contribution is 7.99. The molecular weight excluding hydrogens is 224 g/mol. The Morgan fingerprint density at radius 2 is 2.50 bits per heavy atom. The van der Waals surface area contributed by atoms with Crippen molar-refractivity contribution in [2.75, 3.05) is 12.9 Å². The van der Waals surface area contributed by atoms with Gasteiger partial charge in [-0.1, -0.05) is 6.92 Å². The SMILES string of the molecule is COC(=O)C(C)CSc1cccnc1C#N. The van der Waals surface area contributed by atoms with Crippen LogP contribution in [0.2, 0.25) is 0 Å². The van der Waals surface area contributed by atoms with Gasteiger partial charge in [0, 0.05) is 16.8 Å². The molecule has 1 aromatic rings. The molecule has 5 heteroatoms. The molecule has 16 heavy (non-hydrogen) atoms. The van der Waals surface area contributed by atoms with Crippen molar-refractivity contribution in [1.29, 1.82) is 5.26 Å². The van der Waals surface area contributed by atoms with Crippen LogP contribution in [0.25, 0.3) is 0 Å². The van der Waals surface area contributed by atoms with Gasteiger partial charge in [-0.15, -0.1) is 11.8 Å². The molecule has 1 aromatic heterocycles. The zero-order chi connectivity index (χ0) is 12.0. The normalized spacial score (nSPS) is 11.6. The lowest BCUT2D eigenvalue weighted by Gasteiger charge is -2.08. The Kier molecular flexibility index (Phi) is 4.80. The Balaban J connectivity index is 2.62. The van der Waals surface area contributed by atoms with E-state index in [1.807, 2.05) is 12.1 Å². The molecule has 0 bridgehead atoms. The molecule has 1 atom stereocenters. The van der Waals surface area contributed by atoms with Gasteiger partial charge in [-0.2, -0.15) is 5.26 Å². The standard InChI is InChI=1S/C11H12N2O2S/c1-8(11(14)15-2)7-16-10-4-3-5-13-9(10)6-12/h3-5,8H,7H2,1-2H3. The lowest BCUT2D eigenvalue weighted by atomic mass is 10.2. The highest BCUT2D eigenvalue weighted by atomic mass is 32.2. The van der Waals surface area contributed by atoms with Crippen molar-refractivity contribution in [3.8, 4) is 6.07 Å². The summed E-state index contributed by atoms with van der Waals surface area (Å²) in [6.07, 6.45) is 1.58. The zero-order valence-corrected chi connectivity index (χ0v) is 9.95. The number of hydrogen-bond acceptors (Lipinski definition) is 5. The molecule has 0 aliphatic heterocycles. The number of esters is 1. The summed E-state index contributed by atoms with van der Waals surface area (Å²) >= 11 is 1.44. The number of nitriles is 1. The van der Waals surface area contributed by atoms with Crippen LogP contribution >= 0.6 is 11.8 Å². The lowest BCUT2D eigenvalue weighted by Crippen LogP contribution is -2.14. The topological polar surface area (TPSA) is 63.0 Å². The van der Waals surface area contributed by atoms with Crippen molar-refractivity contribution in [3.05, 3.63) is 24.0 Å². The second-order valence-electron chi connectivity index (χ2n) is 3.20. The summed E-state index contributed by atoms with van der Waals surface area (Å²) in [6.45, 7) is 1.79. The molecule has 0 aliphatic carbocycles.